The van der Waals surface area contributed by atoms with Gasteiger partial charge in [0, 0.05) is 6.07 Å². The minimum absolute atomic E-state index is 0.361. The number of anilines is 2. The van der Waals surface area contributed by atoms with Gasteiger partial charge >= 0.3 is 6.03 Å². The molecule has 2 amide bonds. The Labute approximate surface area is 113 Å². The fourth-order valence-corrected chi connectivity index (χ4v) is 1.47. The zero-order valence-corrected chi connectivity index (χ0v) is 10.5. The van der Waals surface area contributed by atoms with E-state index in [4.69, 9.17) is 4.74 Å². The van der Waals surface area contributed by atoms with Gasteiger partial charge < -0.3 is 15.4 Å². The van der Waals surface area contributed by atoms with Gasteiger partial charge in [0.25, 0.3) is 0 Å². The number of para-hydroxylation sites is 1. The van der Waals surface area contributed by atoms with Crippen LogP contribution in [-0.2, 0) is 0 Å². The Kier molecular flexibility index (Phi) is 4.09. The number of aromatic nitrogens is 1. The van der Waals surface area contributed by atoms with Crippen molar-refractivity contribution in [1.29, 1.82) is 0 Å². The van der Waals surface area contributed by atoms with Gasteiger partial charge in [-0.15, -0.1) is 0 Å². The van der Waals surface area contributed by atoms with Gasteiger partial charge in [0.2, 0.25) is 5.88 Å². The minimum atomic E-state index is -0.854. The summed E-state index contributed by atoms with van der Waals surface area (Å²) in [5.74, 6) is -1.32. The summed E-state index contributed by atoms with van der Waals surface area (Å²) >= 11 is 0. The molecule has 20 heavy (non-hydrogen) atoms. The molecule has 0 aliphatic rings. The number of carbonyl (C=O) groups excluding carboxylic acids is 1. The molecule has 5 nitrogen and oxygen atoms in total. The number of hydrogen-bond donors (Lipinski definition) is 2. The van der Waals surface area contributed by atoms with E-state index in [-0.39, 0.29) is 0 Å². The minimum Gasteiger partial charge on any atom is -0.481 e. The van der Waals surface area contributed by atoms with E-state index in [1.165, 1.54) is 19.4 Å². The van der Waals surface area contributed by atoms with E-state index < -0.39 is 23.4 Å². The molecule has 0 atom stereocenters. The van der Waals surface area contributed by atoms with Gasteiger partial charge in [0.1, 0.15) is 17.3 Å². The number of rotatable bonds is 3. The van der Waals surface area contributed by atoms with Crippen molar-refractivity contribution >= 4 is 17.4 Å². The summed E-state index contributed by atoms with van der Waals surface area (Å²) in [6.45, 7) is 0. The maximum Gasteiger partial charge on any atom is 0.323 e. The monoisotopic (exact) mass is 279 g/mol. The van der Waals surface area contributed by atoms with Crippen LogP contribution < -0.4 is 15.4 Å². The van der Waals surface area contributed by atoms with Gasteiger partial charge in [0.05, 0.1) is 19.0 Å². The molecule has 1 aromatic carbocycles. The zero-order chi connectivity index (χ0) is 14.5. The Balaban J connectivity index is 2.05. The zero-order valence-electron chi connectivity index (χ0n) is 10.5. The van der Waals surface area contributed by atoms with Crippen molar-refractivity contribution in [2.24, 2.45) is 0 Å². The average molecular weight is 279 g/mol. The summed E-state index contributed by atoms with van der Waals surface area (Å²) in [6.07, 6.45) is 1.36. The molecular weight excluding hydrogens is 268 g/mol. The number of carbonyl (C=O) groups is 1. The first-order valence-electron chi connectivity index (χ1n) is 5.62. The smallest absolute Gasteiger partial charge is 0.323 e. The molecule has 1 aromatic heterocycles. The predicted octanol–water partition coefficient (Wildman–Crippen LogP) is 3.01. The van der Waals surface area contributed by atoms with Crippen LogP contribution in [0.15, 0.2) is 36.5 Å². The highest BCUT2D eigenvalue weighted by Crippen LogP contribution is 2.18. The molecule has 1 heterocycles. The SMILES string of the molecule is COc1ccc(NC(=O)Nc2c(F)cccc2F)cn1. The molecule has 0 saturated carbocycles. The highest BCUT2D eigenvalue weighted by atomic mass is 19.1. The molecule has 2 aromatic rings. The Morgan fingerprint density at radius 2 is 1.85 bits per heavy atom. The third-order valence-electron chi connectivity index (χ3n) is 2.40. The Hall–Kier alpha value is -2.70. The Morgan fingerprint density at radius 3 is 2.40 bits per heavy atom. The highest BCUT2D eigenvalue weighted by molar-refractivity contribution is 5.99. The Morgan fingerprint density at radius 1 is 1.15 bits per heavy atom. The van der Waals surface area contributed by atoms with E-state index in [1.807, 2.05) is 0 Å². The number of halogens is 2. The molecule has 0 spiro atoms. The number of amides is 2. The average Bonchev–Trinajstić information content (AvgIpc) is 2.44. The maximum atomic E-state index is 13.3. The summed E-state index contributed by atoms with van der Waals surface area (Å²) < 4.78 is 31.5. The molecule has 7 heteroatoms. The molecule has 2 rings (SSSR count). The molecule has 0 saturated heterocycles. The van der Waals surface area contributed by atoms with E-state index in [2.05, 4.69) is 15.6 Å². The van der Waals surface area contributed by atoms with Crippen molar-refractivity contribution in [2.45, 2.75) is 0 Å². The van der Waals surface area contributed by atoms with Crippen LogP contribution in [0.25, 0.3) is 0 Å². The molecule has 0 radical (unpaired) electrons. The lowest BCUT2D eigenvalue weighted by Crippen LogP contribution is -2.21. The molecular formula is C13H11F2N3O2. The van der Waals surface area contributed by atoms with Crippen molar-refractivity contribution in [3.63, 3.8) is 0 Å². The van der Waals surface area contributed by atoms with E-state index in [0.717, 1.165) is 12.1 Å². The third-order valence-corrected chi connectivity index (χ3v) is 2.40. The first kappa shape index (κ1) is 13.7. The molecule has 0 bridgehead atoms. The van der Waals surface area contributed by atoms with Gasteiger partial charge in [-0.2, -0.15) is 0 Å². The van der Waals surface area contributed by atoms with Crippen molar-refractivity contribution in [3.8, 4) is 5.88 Å². The van der Waals surface area contributed by atoms with Gasteiger partial charge in [-0.25, -0.2) is 18.6 Å². The van der Waals surface area contributed by atoms with Crippen LogP contribution in [0.2, 0.25) is 0 Å². The second-order valence-corrected chi connectivity index (χ2v) is 3.77. The van der Waals surface area contributed by atoms with Crippen molar-refractivity contribution in [2.75, 3.05) is 17.7 Å². The fourth-order valence-electron chi connectivity index (χ4n) is 1.47. The van der Waals surface area contributed by atoms with Gasteiger partial charge in [-0.05, 0) is 18.2 Å². The van der Waals surface area contributed by atoms with Gasteiger partial charge in [-0.3, -0.25) is 0 Å². The second-order valence-electron chi connectivity index (χ2n) is 3.77. The van der Waals surface area contributed by atoms with E-state index in [1.54, 1.807) is 12.1 Å². The maximum absolute atomic E-state index is 13.3. The lowest BCUT2D eigenvalue weighted by Gasteiger charge is -2.09. The standard InChI is InChI=1S/C13H11F2N3O2/c1-20-11-6-5-8(7-16-11)17-13(19)18-12-9(14)3-2-4-10(12)15/h2-7H,1H3,(H2,17,18,19). The molecule has 0 fully saturated rings. The predicted molar refractivity (Wildman–Crippen MR) is 69.8 cm³/mol. The van der Waals surface area contributed by atoms with Crippen molar-refractivity contribution in [1.82, 2.24) is 4.98 Å². The molecule has 0 aliphatic carbocycles. The van der Waals surface area contributed by atoms with Crippen LogP contribution in [0, 0.1) is 11.6 Å². The topological polar surface area (TPSA) is 63.2 Å². The highest BCUT2D eigenvalue weighted by Gasteiger charge is 2.11. The molecule has 0 unspecified atom stereocenters. The van der Waals surface area contributed by atoms with Crippen molar-refractivity contribution < 1.29 is 18.3 Å². The molecule has 0 aliphatic heterocycles. The van der Waals surface area contributed by atoms with E-state index in [0.29, 0.717) is 11.6 Å². The number of methoxy groups -OCH3 is 1. The van der Waals surface area contributed by atoms with Crippen LogP contribution in [-0.4, -0.2) is 18.1 Å². The fraction of sp³-hybridized carbons (Fsp3) is 0.0769. The third kappa shape index (κ3) is 3.19. The van der Waals surface area contributed by atoms with E-state index in [9.17, 15) is 13.6 Å². The van der Waals surface area contributed by atoms with Crippen LogP contribution in [0.1, 0.15) is 0 Å². The van der Waals surface area contributed by atoms with Crippen LogP contribution >= 0.6 is 0 Å². The number of hydrogen-bond acceptors (Lipinski definition) is 3. The van der Waals surface area contributed by atoms with E-state index >= 15 is 0 Å². The first-order chi connectivity index (χ1) is 9.60. The number of nitrogens with one attached hydrogen (secondary N) is 2. The lowest BCUT2D eigenvalue weighted by atomic mass is 10.3. The quantitative estimate of drug-likeness (QED) is 0.907. The van der Waals surface area contributed by atoms with Gasteiger partial charge in [-0.1, -0.05) is 6.07 Å². The van der Waals surface area contributed by atoms with Crippen LogP contribution in [0.5, 0.6) is 5.88 Å². The molecule has 2 N–H and O–H groups in total. The normalized spacial score (nSPS) is 9.95. The number of pyridine rings is 1. The summed E-state index contributed by atoms with van der Waals surface area (Å²) in [7, 11) is 1.46. The number of ether oxygens (including phenoxy) is 1. The number of benzene rings is 1. The Bertz CT molecular complexity index is 597. The van der Waals surface area contributed by atoms with Crippen molar-refractivity contribution in [3.05, 3.63) is 48.2 Å². The summed E-state index contributed by atoms with van der Waals surface area (Å²) in [4.78, 5) is 15.5. The summed E-state index contributed by atoms with van der Waals surface area (Å²) in [6, 6.07) is 5.62. The first-order valence-corrected chi connectivity index (χ1v) is 5.62. The van der Waals surface area contributed by atoms with Crippen LogP contribution in [0.3, 0.4) is 0 Å². The summed E-state index contributed by atoms with van der Waals surface area (Å²) in [5, 5.41) is 4.49. The van der Waals surface area contributed by atoms with Gasteiger partial charge in [0.15, 0.2) is 0 Å². The summed E-state index contributed by atoms with van der Waals surface area (Å²) in [5.41, 5.74) is -0.147. The second kappa shape index (κ2) is 5.96. The molecule has 104 valence electrons. The van der Waals surface area contributed by atoms with Crippen LogP contribution in [0.4, 0.5) is 25.0 Å². The largest absolute Gasteiger partial charge is 0.481 e. The number of urea groups is 1. The lowest BCUT2D eigenvalue weighted by molar-refractivity contribution is 0.262. The number of nitrogens with zero attached hydrogens (tertiary/aromatic N) is 1.